The molecular weight excluding hydrogens is 490 g/mol. The number of unbranched alkanes of at least 4 members (excludes halogenated alkanes) is 2. The summed E-state index contributed by atoms with van der Waals surface area (Å²) < 4.78 is 11.7. The van der Waals surface area contributed by atoms with Gasteiger partial charge in [0.2, 0.25) is 0 Å². The first kappa shape index (κ1) is 27.7. The predicted octanol–water partition coefficient (Wildman–Crippen LogP) is 5.99. The number of hydrogen-bond acceptors (Lipinski definition) is 5. The van der Waals surface area contributed by atoms with Crippen LogP contribution in [0.5, 0.6) is 17.2 Å². The molecule has 2 amide bonds. The van der Waals surface area contributed by atoms with E-state index in [0.717, 1.165) is 18.4 Å². The monoisotopic (exact) mass is 525 g/mol. The van der Waals surface area contributed by atoms with Gasteiger partial charge in [0, 0.05) is 30.3 Å². The molecule has 2 aromatic carbocycles. The van der Waals surface area contributed by atoms with E-state index in [1.165, 1.54) is 30.0 Å². The maximum atomic E-state index is 13.3. The fourth-order valence-electron chi connectivity index (χ4n) is 4.26. The highest BCUT2D eigenvalue weighted by Gasteiger charge is 2.31. The zero-order valence-electron chi connectivity index (χ0n) is 23.0. The van der Waals surface area contributed by atoms with Crippen LogP contribution in [0.25, 0.3) is 0 Å². The lowest BCUT2D eigenvalue weighted by molar-refractivity contribution is -0.120. The molecule has 0 bridgehead atoms. The molecule has 7 heteroatoms. The number of carbonyl (C=O) groups excluding carboxylic acids is 2. The molecule has 1 aromatic heterocycles. The number of amides is 2. The topological polar surface area (TPSA) is 80.8 Å². The Morgan fingerprint density at radius 1 is 1.13 bits per heavy atom. The summed E-state index contributed by atoms with van der Waals surface area (Å²) >= 11 is 0. The predicted molar refractivity (Wildman–Crippen MR) is 152 cm³/mol. The van der Waals surface area contributed by atoms with Gasteiger partial charge >= 0.3 is 0 Å². The molecule has 0 fully saturated rings. The van der Waals surface area contributed by atoms with E-state index in [1.54, 1.807) is 13.1 Å². The summed E-state index contributed by atoms with van der Waals surface area (Å²) in [5, 5.41) is 2.76. The summed E-state index contributed by atoms with van der Waals surface area (Å²) in [7, 11) is 1.67. The van der Waals surface area contributed by atoms with E-state index in [-0.39, 0.29) is 23.6 Å². The highest BCUT2D eigenvalue weighted by atomic mass is 16.5. The van der Waals surface area contributed by atoms with Crippen LogP contribution in [0, 0.1) is 17.3 Å². The lowest BCUT2D eigenvalue weighted by Crippen LogP contribution is -2.49. The molecule has 0 aliphatic carbocycles. The molecule has 1 aliphatic heterocycles. The van der Waals surface area contributed by atoms with Gasteiger partial charge in [-0.3, -0.25) is 14.6 Å². The Bertz CT molecular complexity index is 1370. The summed E-state index contributed by atoms with van der Waals surface area (Å²) in [5.74, 6) is 7.55. The molecule has 39 heavy (non-hydrogen) atoms. The molecule has 0 unspecified atom stereocenters. The normalized spacial score (nSPS) is 14.8. The van der Waals surface area contributed by atoms with Crippen molar-refractivity contribution >= 4 is 17.5 Å². The van der Waals surface area contributed by atoms with Crippen molar-refractivity contribution in [2.75, 3.05) is 18.6 Å². The van der Waals surface area contributed by atoms with E-state index in [2.05, 4.69) is 42.9 Å². The van der Waals surface area contributed by atoms with Crippen molar-refractivity contribution in [3.05, 3.63) is 78.1 Å². The maximum absolute atomic E-state index is 13.3. The minimum Gasteiger partial charge on any atom is -0.489 e. The molecule has 1 atom stereocenters. The van der Waals surface area contributed by atoms with Crippen LogP contribution in [0.15, 0.2) is 66.9 Å². The molecule has 1 aliphatic rings. The number of ether oxygens (including phenoxy) is 2. The molecule has 1 N–H and O–H groups in total. The third-order valence-electron chi connectivity index (χ3n) is 6.55. The van der Waals surface area contributed by atoms with Gasteiger partial charge in [-0.2, -0.15) is 0 Å². The van der Waals surface area contributed by atoms with E-state index in [9.17, 15) is 9.59 Å². The van der Waals surface area contributed by atoms with Crippen LogP contribution in [-0.2, 0) is 4.79 Å². The molecule has 2 heterocycles. The molecule has 0 saturated heterocycles. The summed E-state index contributed by atoms with van der Waals surface area (Å²) in [4.78, 5) is 32.0. The van der Waals surface area contributed by atoms with Gasteiger partial charge < -0.3 is 19.7 Å². The number of benzene rings is 2. The van der Waals surface area contributed by atoms with Crippen LogP contribution in [0.3, 0.4) is 0 Å². The Balaban J connectivity index is 1.44. The van der Waals surface area contributed by atoms with Crippen molar-refractivity contribution in [1.29, 1.82) is 0 Å². The van der Waals surface area contributed by atoms with Crippen molar-refractivity contribution in [3.63, 3.8) is 0 Å². The summed E-state index contributed by atoms with van der Waals surface area (Å²) in [5.41, 5.74) is 1.47. The number of nitrogens with one attached hydrogen (secondary N) is 1. The number of para-hydroxylation sites is 1. The number of hydrogen-bond donors (Lipinski definition) is 1. The second-order valence-electron chi connectivity index (χ2n) is 10.3. The van der Waals surface area contributed by atoms with Crippen LogP contribution in [0.2, 0.25) is 0 Å². The van der Waals surface area contributed by atoms with Gasteiger partial charge in [0.05, 0.1) is 5.69 Å². The fourth-order valence-corrected chi connectivity index (χ4v) is 4.26. The van der Waals surface area contributed by atoms with Crippen molar-refractivity contribution in [3.8, 4) is 29.1 Å². The van der Waals surface area contributed by atoms with Gasteiger partial charge in [-0.1, -0.05) is 56.2 Å². The van der Waals surface area contributed by atoms with E-state index >= 15 is 0 Å². The van der Waals surface area contributed by atoms with Crippen LogP contribution in [0.4, 0.5) is 5.69 Å². The van der Waals surface area contributed by atoms with Crippen molar-refractivity contribution < 1.29 is 19.1 Å². The third kappa shape index (κ3) is 7.38. The minimum atomic E-state index is -0.887. The van der Waals surface area contributed by atoms with Gasteiger partial charge in [-0.05, 0) is 56.7 Å². The number of nitrogens with zero attached hydrogens (tertiary/aromatic N) is 2. The van der Waals surface area contributed by atoms with Crippen LogP contribution in [-0.4, -0.2) is 36.5 Å². The van der Waals surface area contributed by atoms with Gasteiger partial charge in [0.25, 0.3) is 11.8 Å². The average Bonchev–Trinajstić information content (AvgIpc) is 3.05. The molecule has 7 nitrogen and oxygen atoms in total. The first-order valence-electron chi connectivity index (χ1n) is 13.3. The largest absolute Gasteiger partial charge is 0.489 e. The van der Waals surface area contributed by atoms with Crippen molar-refractivity contribution in [2.24, 2.45) is 5.41 Å². The van der Waals surface area contributed by atoms with Crippen LogP contribution >= 0.6 is 0 Å². The first-order valence-corrected chi connectivity index (χ1v) is 13.3. The van der Waals surface area contributed by atoms with Gasteiger partial charge in [-0.25, -0.2) is 0 Å². The Hall–Kier alpha value is -4.31. The highest BCUT2D eigenvalue weighted by molar-refractivity contribution is 6.03. The number of rotatable bonds is 8. The molecule has 202 valence electrons. The zero-order chi connectivity index (χ0) is 27.8. The number of fused-ring (bicyclic) bond motifs is 1. The lowest BCUT2D eigenvalue weighted by atomic mass is 9.87. The SMILES string of the molecule is CCCCCC(C)(C)C#Cc1ccc2c(c1)N(C)C(=O)[C@@H](NC(=O)c1cc(Oc3ccccc3)ccn1)CO2. The van der Waals surface area contributed by atoms with Crippen molar-refractivity contribution in [1.82, 2.24) is 10.3 Å². The second kappa shape index (κ2) is 12.5. The maximum Gasteiger partial charge on any atom is 0.270 e. The molecule has 4 rings (SSSR count). The van der Waals surface area contributed by atoms with Gasteiger partial charge in [0.1, 0.15) is 35.6 Å². The number of aromatic nitrogens is 1. The van der Waals surface area contributed by atoms with Gasteiger partial charge in [-0.15, -0.1) is 0 Å². The second-order valence-corrected chi connectivity index (χ2v) is 10.3. The Labute approximate surface area is 230 Å². The molecular formula is C32H35N3O4. The number of carbonyl (C=O) groups is 2. The summed E-state index contributed by atoms with van der Waals surface area (Å²) in [6.45, 7) is 6.51. The average molecular weight is 526 g/mol. The lowest BCUT2D eigenvalue weighted by Gasteiger charge is -2.20. The summed E-state index contributed by atoms with van der Waals surface area (Å²) in [6, 6.07) is 17.2. The fraction of sp³-hybridized carbons (Fsp3) is 0.344. The van der Waals surface area contributed by atoms with E-state index < -0.39 is 11.9 Å². The molecule has 0 spiro atoms. The van der Waals surface area contributed by atoms with E-state index in [0.29, 0.717) is 22.9 Å². The smallest absolute Gasteiger partial charge is 0.270 e. The van der Waals surface area contributed by atoms with E-state index in [1.807, 2.05) is 48.5 Å². The van der Waals surface area contributed by atoms with E-state index in [4.69, 9.17) is 9.47 Å². The number of likely N-dealkylation sites (N-methyl/N-ethyl adjacent to an activating group) is 1. The molecule has 3 aromatic rings. The Kier molecular flexibility index (Phi) is 8.88. The number of anilines is 1. The first-order chi connectivity index (χ1) is 18.8. The summed E-state index contributed by atoms with van der Waals surface area (Å²) in [6.07, 6.45) is 6.07. The third-order valence-corrected chi connectivity index (χ3v) is 6.55. The quantitative estimate of drug-likeness (QED) is 0.289. The highest BCUT2D eigenvalue weighted by Crippen LogP contribution is 2.32. The Morgan fingerprint density at radius 2 is 1.92 bits per heavy atom. The Morgan fingerprint density at radius 3 is 2.69 bits per heavy atom. The van der Waals surface area contributed by atoms with Gasteiger partial charge in [0.15, 0.2) is 0 Å². The molecule has 0 saturated carbocycles. The minimum absolute atomic E-state index is 0.00238. The number of pyridine rings is 1. The zero-order valence-corrected chi connectivity index (χ0v) is 23.0. The standard InChI is InChI=1S/C32H35N3O4/c1-5-6-10-17-32(2,3)18-15-23-13-14-29-28(20-23)35(4)31(37)27(22-38-29)34-30(36)26-21-25(16-19-33-26)39-24-11-8-7-9-12-24/h7-9,11-14,16,19-21,27H,5-6,10,17,22H2,1-4H3,(H,34,36)/t27-/m0/s1. The van der Waals surface area contributed by atoms with Crippen LogP contribution in [0.1, 0.15) is 62.5 Å². The van der Waals surface area contributed by atoms with Crippen LogP contribution < -0.4 is 19.7 Å². The molecule has 0 radical (unpaired) electrons. The van der Waals surface area contributed by atoms with Crippen molar-refractivity contribution in [2.45, 2.75) is 52.5 Å².